The van der Waals surface area contributed by atoms with Gasteiger partial charge < -0.3 is 35.2 Å². The van der Waals surface area contributed by atoms with Gasteiger partial charge in [0, 0.05) is 6.42 Å². The van der Waals surface area contributed by atoms with Crippen LogP contribution in [0.3, 0.4) is 0 Å². The van der Waals surface area contributed by atoms with E-state index in [1.165, 1.54) is 167 Å². The van der Waals surface area contributed by atoms with E-state index >= 15 is 0 Å². The summed E-state index contributed by atoms with van der Waals surface area (Å²) < 4.78 is 47.7. The molecule has 61 heavy (non-hydrogen) atoms. The second kappa shape index (κ2) is 39.5. The van der Waals surface area contributed by atoms with Crippen LogP contribution in [0.1, 0.15) is 245 Å². The number of aliphatic hydroxyl groups is 4. The average molecular weight is 894 g/mol. The molecule has 7 unspecified atom stereocenters. The highest BCUT2D eigenvalue weighted by Gasteiger charge is 2.48. The van der Waals surface area contributed by atoms with Crippen molar-refractivity contribution in [2.75, 3.05) is 13.2 Å². The van der Waals surface area contributed by atoms with Crippen LogP contribution >= 0.6 is 0 Å². The fourth-order valence-electron chi connectivity index (χ4n) is 8.46. The molecule has 0 aromatic heterocycles. The molecule has 7 atom stereocenters. The molecule has 6 N–H and O–H groups in total. The Morgan fingerprint density at radius 1 is 0.590 bits per heavy atom. The van der Waals surface area contributed by atoms with E-state index < -0.39 is 59.9 Å². The Morgan fingerprint density at radius 2 is 0.951 bits per heavy atom. The van der Waals surface area contributed by atoms with Gasteiger partial charge in [0.15, 0.2) is 6.29 Å². The van der Waals surface area contributed by atoms with E-state index in [-0.39, 0.29) is 12.5 Å². The van der Waals surface area contributed by atoms with Crippen molar-refractivity contribution in [3.63, 3.8) is 0 Å². The van der Waals surface area contributed by atoms with Gasteiger partial charge in [0.25, 0.3) is 0 Å². The number of nitrogens with one attached hydrogen (secondary N) is 1. The number of ether oxygens (including phenoxy) is 2. The van der Waals surface area contributed by atoms with E-state index in [2.05, 4.69) is 23.3 Å². The summed E-state index contributed by atoms with van der Waals surface area (Å²) >= 11 is 0. The van der Waals surface area contributed by atoms with Crippen LogP contribution in [-0.2, 0) is 28.9 Å². The highest BCUT2D eigenvalue weighted by atomic mass is 32.3. The number of unbranched alkanes of at least 4 members (excludes halogenated alkanes) is 32. The first-order valence-electron chi connectivity index (χ1n) is 25.4. The Hall–Kier alpha value is -0.900. The van der Waals surface area contributed by atoms with E-state index in [0.29, 0.717) is 12.8 Å². The molecule has 1 saturated heterocycles. The molecular formula is C48H95NO11S. The first kappa shape index (κ1) is 58.1. The maximum atomic E-state index is 13.1. The minimum absolute atomic E-state index is 0.226. The van der Waals surface area contributed by atoms with Crippen molar-refractivity contribution < 1.29 is 51.8 Å². The maximum absolute atomic E-state index is 13.1. The van der Waals surface area contributed by atoms with E-state index in [0.717, 1.165) is 51.4 Å². The highest BCUT2D eigenvalue weighted by Crippen LogP contribution is 2.26. The predicted molar refractivity (Wildman–Crippen MR) is 246 cm³/mol. The summed E-state index contributed by atoms with van der Waals surface area (Å²) in [5, 5.41) is 44.9. The lowest BCUT2D eigenvalue weighted by Crippen LogP contribution is -2.61. The van der Waals surface area contributed by atoms with Crippen LogP contribution in [0.4, 0.5) is 0 Å². The number of hydrogen-bond donors (Lipinski definition) is 6. The summed E-state index contributed by atoms with van der Waals surface area (Å²) in [4.78, 5) is 13.1. The Kier molecular flexibility index (Phi) is 37.6. The third-order valence-corrected chi connectivity index (χ3v) is 12.9. The molecule has 13 heteroatoms. The molecule has 1 fully saturated rings. The molecular weight excluding hydrogens is 799 g/mol. The minimum Gasteiger partial charge on any atom is -0.394 e. The van der Waals surface area contributed by atoms with Crippen molar-refractivity contribution in [3.05, 3.63) is 0 Å². The maximum Gasteiger partial charge on any atom is 0.397 e. The largest absolute Gasteiger partial charge is 0.397 e. The van der Waals surface area contributed by atoms with Gasteiger partial charge in [-0.1, -0.05) is 226 Å². The van der Waals surface area contributed by atoms with Crippen molar-refractivity contribution in [2.45, 2.75) is 288 Å². The lowest BCUT2D eigenvalue weighted by atomic mass is 9.99. The molecule has 1 heterocycles. The molecule has 0 aromatic carbocycles. The second-order valence-electron chi connectivity index (χ2n) is 18.1. The van der Waals surface area contributed by atoms with Crippen molar-refractivity contribution in [1.29, 1.82) is 0 Å². The van der Waals surface area contributed by atoms with Crippen LogP contribution in [0.25, 0.3) is 0 Å². The summed E-state index contributed by atoms with van der Waals surface area (Å²) in [6.45, 7) is 3.47. The van der Waals surface area contributed by atoms with Gasteiger partial charge in [0.1, 0.15) is 24.4 Å². The molecule has 0 spiro atoms. The first-order valence-corrected chi connectivity index (χ1v) is 26.8. The molecule has 0 saturated carbocycles. The molecule has 12 nitrogen and oxygen atoms in total. The van der Waals surface area contributed by atoms with Crippen LogP contribution < -0.4 is 5.32 Å². The fourth-order valence-corrected chi connectivity index (χ4v) is 8.97. The molecule has 0 aliphatic carbocycles. The Balaban J connectivity index is 2.41. The summed E-state index contributed by atoms with van der Waals surface area (Å²) in [5.74, 6) is -0.226. The van der Waals surface area contributed by atoms with Crippen LogP contribution in [0.2, 0.25) is 0 Å². The number of aliphatic hydroxyl groups excluding tert-OH is 4. The molecule has 0 radical (unpaired) electrons. The van der Waals surface area contributed by atoms with Crippen molar-refractivity contribution in [1.82, 2.24) is 5.32 Å². The summed E-state index contributed by atoms with van der Waals surface area (Å²) in [7, 11) is -5.07. The standard InChI is InChI=1S/C48H95NO11S/c1-3-5-7-9-11-13-15-17-18-19-20-21-22-23-24-26-27-29-31-33-35-37-42(51)41(40-58-48-46(54)47(60-61(55,56)57)45(53)43(39-50)59-48)49-44(52)38-36-34-32-30-28-25-16-14-12-10-8-6-4-2/h41-43,45-48,50-51,53-54H,3-40H2,1-2H3,(H,49,52)(H,55,56,57). The minimum atomic E-state index is -5.07. The van der Waals surface area contributed by atoms with Gasteiger partial charge in [-0.2, -0.15) is 8.42 Å². The average Bonchev–Trinajstić information content (AvgIpc) is 3.23. The van der Waals surface area contributed by atoms with Crippen molar-refractivity contribution in [2.24, 2.45) is 0 Å². The van der Waals surface area contributed by atoms with Gasteiger partial charge in [-0.25, -0.2) is 4.18 Å². The third-order valence-electron chi connectivity index (χ3n) is 12.4. The second-order valence-corrected chi connectivity index (χ2v) is 19.2. The molecule has 0 aromatic rings. The normalized spacial score (nSPS) is 20.5. The first-order chi connectivity index (χ1) is 29.5. The number of amides is 1. The number of carbonyl (C=O) groups excluding carboxylic acids is 1. The van der Waals surface area contributed by atoms with Crippen LogP contribution in [-0.4, -0.2) is 95.4 Å². The third kappa shape index (κ3) is 32.4. The predicted octanol–water partition coefficient (Wildman–Crippen LogP) is 10.6. The molecule has 1 rings (SSSR count). The SMILES string of the molecule is CCCCCCCCCCCCCCCCCCCCCCCC(O)C(COC1OC(CO)C(O)C(OS(=O)(=O)O)C1O)NC(=O)CCCCCCCCCCCCCCC. The van der Waals surface area contributed by atoms with Crippen molar-refractivity contribution in [3.8, 4) is 0 Å². The Labute approximate surface area is 373 Å². The zero-order valence-corrected chi connectivity index (χ0v) is 39.8. The van der Waals surface area contributed by atoms with Crippen LogP contribution in [0.15, 0.2) is 0 Å². The van der Waals surface area contributed by atoms with Crippen molar-refractivity contribution >= 4 is 16.3 Å². The molecule has 1 amide bonds. The smallest absolute Gasteiger partial charge is 0.394 e. The van der Waals surface area contributed by atoms with E-state index in [9.17, 15) is 38.2 Å². The highest BCUT2D eigenvalue weighted by molar-refractivity contribution is 7.80. The van der Waals surface area contributed by atoms with Crippen LogP contribution in [0.5, 0.6) is 0 Å². The van der Waals surface area contributed by atoms with E-state index in [1.54, 1.807) is 0 Å². The fraction of sp³-hybridized carbons (Fsp3) is 0.979. The molecule has 1 aliphatic heterocycles. The lowest BCUT2D eigenvalue weighted by molar-refractivity contribution is -0.298. The van der Waals surface area contributed by atoms with Gasteiger partial charge in [0.2, 0.25) is 5.91 Å². The topological polar surface area (TPSA) is 192 Å². The summed E-state index contributed by atoms with van der Waals surface area (Å²) in [6.07, 6.45) is 33.9. The molecule has 0 bridgehead atoms. The quantitative estimate of drug-likeness (QED) is 0.0252. The summed E-state index contributed by atoms with van der Waals surface area (Å²) in [5.41, 5.74) is 0. The zero-order chi connectivity index (χ0) is 44.8. The number of rotatable bonds is 44. The van der Waals surface area contributed by atoms with E-state index in [1.807, 2.05) is 0 Å². The lowest BCUT2D eigenvalue weighted by Gasteiger charge is -2.41. The monoisotopic (exact) mass is 894 g/mol. The van der Waals surface area contributed by atoms with Crippen LogP contribution in [0, 0.1) is 0 Å². The molecule has 1 aliphatic rings. The van der Waals surface area contributed by atoms with E-state index in [4.69, 9.17) is 9.47 Å². The van der Waals surface area contributed by atoms with Gasteiger partial charge in [-0.15, -0.1) is 0 Å². The number of carbonyl (C=O) groups is 1. The van der Waals surface area contributed by atoms with Gasteiger partial charge >= 0.3 is 10.4 Å². The zero-order valence-electron chi connectivity index (χ0n) is 39.0. The summed E-state index contributed by atoms with van der Waals surface area (Å²) in [6, 6.07) is -0.851. The Bertz CT molecular complexity index is 1100. The van der Waals surface area contributed by atoms with Gasteiger partial charge in [0.05, 0.1) is 25.4 Å². The van der Waals surface area contributed by atoms with Gasteiger partial charge in [-0.05, 0) is 12.8 Å². The Morgan fingerprint density at radius 3 is 1.31 bits per heavy atom. The van der Waals surface area contributed by atoms with Gasteiger partial charge in [-0.3, -0.25) is 9.35 Å². The number of hydrogen-bond acceptors (Lipinski definition) is 10. The molecule has 364 valence electrons.